The summed E-state index contributed by atoms with van der Waals surface area (Å²) < 4.78 is 11.7. The Hall–Kier alpha value is -1.83. The minimum absolute atomic E-state index is 0.0857. The van der Waals surface area contributed by atoms with Gasteiger partial charge < -0.3 is 9.47 Å². The van der Waals surface area contributed by atoms with Crippen molar-refractivity contribution in [1.82, 2.24) is 0 Å². The Morgan fingerprint density at radius 1 is 1.11 bits per heavy atom. The Labute approximate surface area is 123 Å². The SMILES string of the molecule is COc1cc(Oc2ccc(I)cc2)ccc1[N+](=O)[O-]. The van der Waals surface area contributed by atoms with E-state index >= 15 is 0 Å². The molecule has 0 spiro atoms. The van der Waals surface area contributed by atoms with Crippen molar-refractivity contribution in [1.29, 1.82) is 0 Å². The number of benzene rings is 2. The van der Waals surface area contributed by atoms with Crippen LogP contribution < -0.4 is 9.47 Å². The Kier molecular flexibility index (Phi) is 4.20. The van der Waals surface area contributed by atoms with Gasteiger partial charge >= 0.3 is 5.69 Å². The first-order valence-electron chi connectivity index (χ1n) is 5.36. The number of nitro groups is 1. The molecule has 0 atom stereocenters. The zero-order valence-corrected chi connectivity index (χ0v) is 12.2. The largest absolute Gasteiger partial charge is 0.490 e. The van der Waals surface area contributed by atoms with E-state index in [1.807, 2.05) is 24.3 Å². The fourth-order valence-corrected chi connectivity index (χ4v) is 1.87. The first-order valence-corrected chi connectivity index (χ1v) is 6.44. The van der Waals surface area contributed by atoms with Crippen LogP contribution >= 0.6 is 22.6 Å². The Morgan fingerprint density at radius 3 is 2.32 bits per heavy atom. The van der Waals surface area contributed by atoms with E-state index in [1.165, 1.54) is 19.2 Å². The van der Waals surface area contributed by atoms with Gasteiger partial charge in [-0.3, -0.25) is 10.1 Å². The molecule has 0 fully saturated rings. The highest BCUT2D eigenvalue weighted by Gasteiger charge is 2.15. The molecule has 0 aliphatic rings. The van der Waals surface area contributed by atoms with Gasteiger partial charge in [0.2, 0.25) is 5.75 Å². The van der Waals surface area contributed by atoms with Crippen molar-refractivity contribution in [2.75, 3.05) is 7.11 Å². The summed E-state index contributed by atoms with van der Waals surface area (Å²) in [5.41, 5.74) is -0.0857. The smallest absolute Gasteiger partial charge is 0.311 e. The first kappa shape index (κ1) is 13.6. The van der Waals surface area contributed by atoms with E-state index in [9.17, 15) is 10.1 Å². The van der Waals surface area contributed by atoms with Crippen LogP contribution in [0.1, 0.15) is 0 Å². The first-order chi connectivity index (χ1) is 9.10. The normalized spacial score (nSPS) is 10.0. The topological polar surface area (TPSA) is 61.6 Å². The molecule has 0 heterocycles. The van der Waals surface area contributed by atoms with Crippen molar-refractivity contribution >= 4 is 28.3 Å². The minimum Gasteiger partial charge on any atom is -0.490 e. The van der Waals surface area contributed by atoms with Crippen LogP contribution in [0.15, 0.2) is 42.5 Å². The molecule has 2 aromatic carbocycles. The summed E-state index contributed by atoms with van der Waals surface area (Å²) >= 11 is 2.20. The molecule has 2 rings (SSSR count). The van der Waals surface area contributed by atoms with Gasteiger partial charge in [0.05, 0.1) is 12.0 Å². The van der Waals surface area contributed by atoms with Gasteiger partial charge in [0.25, 0.3) is 0 Å². The molecular weight excluding hydrogens is 361 g/mol. The van der Waals surface area contributed by atoms with Crippen LogP contribution in [0.4, 0.5) is 5.69 Å². The third-order valence-corrected chi connectivity index (χ3v) is 3.12. The number of ether oxygens (including phenoxy) is 2. The number of rotatable bonds is 4. The second-order valence-electron chi connectivity index (χ2n) is 3.65. The highest BCUT2D eigenvalue weighted by atomic mass is 127. The molecule has 0 amide bonds. The van der Waals surface area contributed by atoms with Crippen molar-refractivity contribution in [3.8, 4) is 17.2 Å². The van der Waals surface area contributed by atoms with E-state index in [2.05, 4.69) is 22.6 Å². The van der Waals surface area contributed by atoms with Crippen LogP contribution in [0.3, 0.4) is 0 Å². The molecule has 0 aromatic heterocycles. The Morgan fingerprint density at radius 2 is 1.74 bits per heavy atom. The quantitative estimate of drug-likeness (QED) is 0.463. The minimum atomic E-state index is -0.493. The van der Waals surface area contributed by atoms with E-state index in [0.717, 1.165) is 3.57 Å². The third kappa shape index (κ3) is 3.34. The van der Waals surface area contributed by atoms with Crippen LogP contribution in [0.2, 0.25) is 0 Å². The lowest BCUT2D eigenvalue weighted by atomic mass is 10.2. The maximum absolute atomic E-state index is 10.8. The second-order valence-corrected chi connectivity index (χ2v) is 4.89. The molecule has 0 aliphatic heterocycles. The maximum Gasteiger partial charge on any atom is 0.311 e. The van der Waals surface area contributed by atoms with Gasteiger partial charge in [-0.05, 0) is 52.9 Å². The summed E-state index contributed by atoms with van der Waals surface area (Å²) in [6, 6.07) is 11.9. The molecular formula is C13H10INO4. The molecule has 98 valence electrons. The molecule has 0 N–H and O–H groups in total. The van der Waals surface area contributed by atoms with Crippen LogP contribution in [-0.4, -0.2) is 12.0 Å². The van der Waals surface area contributed by atoms with Crippen molar-refractivity contribution in [3.05, 3.63) is 56.1 Å². The average Bonchev–Trinajstić information content (AvgIpc) is 2.41. The van der Waals surface area contributed by atoms with Crippen LogP contribution in [0.25, 0.3) is 0 Å². The van der Waals surface area contributed by atoms with Gasteiger partial charge in [-0.2, -0.15) is 0 Å². The third-order valence-electron chi connectivity index (χ3n) is 2.40. The van der Waals surface area contributed by atoms with E-state index in [0.29, 0.717) is 11.5 Å². The fourth-order valence-electron chi connectivity index (χ4n) is 1.51. The molecule has 2 aromatic rings. The van der Waals surface area contributed by atoms with Gasteiger partial charge in [0.15, 0.2) is 0 Å². The molecule has 19 heavy (non-hydrogen) atoms. The van der Waals surface area contributed by atoms with Crippen molar-refractivity contribution in [2.45, 2.75) is 0 Å². The predicted octanol–water partition coefficient (Wildman–Crippen LogP) is 4.00. The lowest BCUT2D eigenvalue weighted by Crippen LogP contribution is -1.94. The molecule has 0 aliphatic carbocycles. The van der Waals surface area contributed by atoms with Crippen molar-refractivity contribution < 1.29 is 14.4 Å². The van der Waals surface area contributed by atoms with E-state index in [-0.39, 0.29) is 11.4 Å². The van der Waals surface area contributed by atoms with Crippen molar-refractivity contribution in [3.63, 3.8) is 0 Å². The highest BCUT2D eigenvalue weighted by Crippen LogP contribution is 2.32. The fraction of sp³-hybridized carbons (Fsp3) is 0.0769. The zero-order chi connectivity index (χ0) is 13.8. The van der Waals surface area contributed by atoms with Gasteiger partial charge in [-0.15, -0.1) is 0 Å². The number of nitro benzene ring substituents is 1. The molecule has 0 radical (unpaired) electrons. The molecule has 0 saturated heterocycles. The zero-order valence-electron chi connectivity index (χ0n) is 10.00. The summed E-state index contributed by atoms with van der Waals surface area (Å²) in [7, 11) is 1.39. The average molecular weight is 371 g/mol. The van der Waals surface area contributed by atoms with Gasteiger partial charge in [-0.25, -0.2) is 0 Å². The van der Waals surface area contributed by atoms with Gasteiger partial charge in [0, 0.05) is 15.7 Å². The second kappa shape index (κ2) is 5.87. The van der Waals surface area contributed by atoms with Crippen LogP contribution in [-0.2, 0) is 0 Å². The van der Waals surface area contributed by atoms with E-state index in [4.69, 9.17) is 9.47 Å². The highest BCUT2D eigenvalue weighted by molar-refractivity contribution is 14.1. The van der Waals surface area contributed by atoms with Crippen LogP contribution in [0.5, 0.6) is 17.2 Å². The summed E-state index contributed by atoms with van der Waals surface area (Å²) in [5.74, 6) is 1.33. The standard InChI is InChI=1S/C13H10INO4/c1-18-13-8-11(6-7-12(13)15(16)17)19-10-4-2-9(14)3-5-10/h2-8H,1H3. The lowest BCUT2D eigenvalue weighted by molar-refractivity contribution is -0.385. The monoisotopic (exact) mass is 371 g/mol. The molecule has 6 heteroatoms. The summed E-state index contributed by atoms with van der Waals surface area (Å²) in [5, 5.41) is 10.8. The molecule has 0 saturated carbocycles. The lowest BCUT2D eigenvalue weighted by Gasteiger charge is -2.07. The Balaban J connectivity index is 2.26. The van der Waals surface area contributed by atoms with E-state index < -0.39 is 4.92 Å². The summed E-state index contributed by atoms with van der Waals surface area (Å²) in [4.78, 5) is 10.3. The molecule has 0 bridgehead atoms. The maximum atomic E-state index is 10.8. The number of nitrogens with zero attached hydrogens (tertiary/aromatic N) is 1. The predicted molar refractivity (Wildman–Crippen MR) is 78.9 cm³/mol. The van der Waals surface area contributed by atoms with Crippen molar-refractivity contribution in [2.24, 2.45) is 0 Å². The van der Waals surface area contributed by atoms with Gasteiger partial charge in [0.1, 0.15) is 11.5 Å². The molecule has 0 unspecified atom stereocenters. The number of hydrogen-bond acceptors (Lipinski definition) is 4. The molecule has 5 nitrogen and oxygen atoms in total. The summed E-state index contributed by atoms with van der Waals surface area (Å²) in [6.07, 6.45) is 0. The van der Waals surface area contributed by atoms with E-state index in [1.54, 1.807) is 6.07 Å². The number of hydrogen-bond donors (Lipinski definition) is 0. The van der Waals surface area contributed by atoms with Crippen LogP contribution in [0, 0.1) is 13.7 Å². The summed E-state index contributed by atoms with van der Waals surface area (Å²) in [6.45, 7) is 0. The Bertz CT molecular complexity index is 598. The number of methoxy groups -OCH3 is 1. The van der Waals surface area contributed by atoms with Gasteiger partial charge in [-0.1, -0.05) is 0 Å². The number of halogens is 1.